The molecule has 21 heavy (non-hydrogen) atoms. The Kier molecular flexibility index (Phi) is 4.22. The van der Waals surface area contributed by atoms with Gasteiger partial charge < -0.3 is 16.4 Å². The van der Waals surface area contributed by atoms with Crippen LogP contribution in [0.4, 0.5) is 5.69 Å². The molecule has 2 amide bonds. The monoisotopic (exact) mass is 287 g/mol. The fourth-order valence-corrected chi connectivity index (χ4v) is 1.85. The zero-order valence-corrected chi connectivity index (χ0v) is 11.9. The molecule has 0 spiro atoms. The van der Waals surface area contributed by atoms with E-state index in [1.165, 1.54) is 11.7 Å². The topological polar surface area (TPSA) is 102 Å². The quantitative estimate of drug-likeness (QED) is 0.715. The second kappa shape index (κ2) is 6.08. The van der Waals surface area contributed by atoms with Gasteiger partial charge in [0.25, 0.3) is 11.8 Å². The van der Waals surface area contributed by atoms with Crippen LogP contribution >= 0.6 is 0 Å². The van der Waals surface area contributed by atoms with Gasteiger partial charge in [-0.3, -0.25) is 9.59 Å². The van der Waals surface area contributed by atoms with Gasteiger partial charge in [0.2, 0.25) is 0 Å². The highest BCUT2D eigenvalue weighted by atomic mass is 16.2. The van der Waals surface area contributed by atoms with Crippen molar-refractivity contribution < 1.29 is 9.59 Å². The Morgan fingerprint density at radius 1 is 1.29 bits per heavy atom. The van der Waals surface area contributed by atoms with E-state index in [-0.39, 0.29) is 17.5 Å². The van der Waals surface area contributed by atoms with Gasteiger partial charge in [0.1, 0.15) is 0 Å². The Hall–Kier alpha value is -2.83. The summed E-state index contributed by atoms with van der Waals surface area (Å²) in [7, 11) is 1.53. The fourth-order valence-electron chi connectivity index (χ4n) is 1.85. The average Bonchev–Trinajstić information content (AvgIpc) is 2.96. The average molecular weight is 287 g/mol. The maximum absolute atomic E-state index is 11.9. The van der Waals surface area contributed by atoms with E-state index in [2.05, 4.69) is 15.7 Å². The van der Waals surface area contributed by atoms with Crippen LogP contribution in [0.2, 0.25) is 0 Å². The summed E-state index contributed by atoms with van der Waals surface area (Å²) >= 11 is 0. The van der Waals surface area contributed by atoms with Crippen molar-refractivity contribution in [2.45, 2.75) is 6.92 Å². The molecule has 0 fully saturated rings. The number of benzene rings is 1. The van der Waals surface area contributed by atoms with Crippen LogP contribution in [0.3, 0.4) is 0 Å². The largest absolute Gasteiger partial charge is 0.397 e. The summed E-state index contributed by atoms with van der Waals surface area (Å²) in [6.07, 6.45) is 1.62. The minimum Gasteiger partial charge on any atom is -0.397 e. The Labute approximate surface area is 122 Å². The molecule has 0 aliphatic rings. The van der Waals surface area contributed by atoms with Gasteiger partial charge in [-0.1, -0.05) is 0 Å². The minimum atomic E-state index is -0.285. The van der Waals surface area contributed by atoms with Crippen molar-refractivity contribution in [2.75, 3.05) is 19.3 Å². The number of nitrogens with two attached hydrogens (primary N) is 1. The first-order valence-electron chi connectivity index (χ1n) is 6.52. The molecule has 0 atom stereocenters. The first kappa shape index (κ1) is 14.6. The molecule has 7 heteroatoms. The van der Waals surface area contributed by atoms with Gasteiger partial charge in [0.05, 0.1) is 11.4 Å². The van der Waals surface area contributed by atoms with Crippen molar-refractivity contribution in [3.63, 3.8) is 0 Å². The molecule has 1 heterocycles. The van der Waals surface area contributed by atoms with E-state index in [0.717, 1.165) is 0 Å². The summed E-state index contributed by atoms with van der Waals surface area (Å²) in [5.74, 6) is -0.468. The van der Waals surface area contributed by atoms with Gasteiger partial charge in [0, 0.05) is 25.4 Å². The maximum Gasteiger partial charge on any atom is 0.271 e. The van der Waals surface area contributed by atoms with E-state index in [1.807, 2.05) is 6.92 Å². The molecule has 2 aromatic rings. The summed E-state index contributed by atoms with van der Waals surface area (Å²) in [6.45, 7) is 2.39. The highest BCUT2D eigenvalue weighted by Crippen LogP contribution is 2.18. The van der Waals surface area contributed by atoms with E-state index < -0.39 is 0 Å². The number of hydrogen-bond donors (Lipinski definition) is 3. The van der Waals surface area contributed by atoms with Crippen LogP contribution in [0.25, 0.3) is 5.69 Å². The Bertz CT molecular complexity index is 678. The first-order chi connectivity index (χ1) is 10.1. The van der Waals surface area contributed by atoms with E-state index >= 15 is 0 Å². The second-order valence-corrected chi connectivity index (χ2v) is 4.36. The molecule has 1 aromatic carbocycles. The lowest BCUT2D eigenvalue weighted by Gasteiger charge is -2.08. The molecule has 0 saturated carbocycles. The molecule has 0 aliphatic carbocycles. The Morgan fingerprint density at radius 3 is 2.71 bits per heavy atom. The summed E-state index contributed by atoms with van der Waals surface area (Å²) in [6, 6.07) is 6.51. The number of aromatic nitrogens is 2. The molecule has 0 saturated heterocycles. The highest BCUT2D eigenvalue weighted by molar-refractivity contribution is 5.95. The third kappa shape index (κ3) is 3.02. The molecule has 2 rings (SSSR count). The Balaban J connectivity index is 2.39. The summed E-state index contributed by atoms with van der Waals surface area (Å²) < 4.78 is 1.47. The predicted molar refractivity (Wildman–Crippen MR) is 79.4 cm³/mol. The van der Waals surface area contributed by atoms with E-state index in [4.69, 9.17) is 5.73 Å². The maximum atomic E-state index is 11.9. The van der Waals surface area contributed by atoms with Crippen LogP contribution < -0.4 is 16.4 Å². The zero-order chi connectivity index (χ0) is 15.4. The molecular formula is C14H17N5O2. The number of anilines is 1. The summed E-state index contributed by atoms with van der Waals surface area (Å²) in [5.41, 5.74) is 7.70. The van der Waals surface area contributed by atoms with E-state index in [0.29, 0.717) is 23.5 Å². The predicted octanol–water partition coefficient (Wildman–Crippen LogP) is 0.564. The fraction of sp³-hybridized carbons (Fsp3) is 0.214. The lowest BCUT2D eigenvalue weighted by atomic mass is 10.1. The SMILES string of the molecule is CCNC(=O)c1ccc(N)c(-n2ccc(C(=O)NC)n2)c1. The number of nitrogens with zero attached hydrogens (tertiary/aromatic N) is 2. The van der Waals surface area contributed by atoms with Gasteiger partial charge in [-0.2, -0.15) is 5.10 Å². The van der Waals surface area contributed by atoms with Crippen LogP contribution in [0, 0.1) is 0 Å². The number of rotatable bonds is 4. The van der Waals surface area contributed by atoms with Gasteiger partial charge in [-0.05, 0) is 31.2 Å². The molecule has 0 radical (unpaired) electrons. The van der Waals surface area contributed by atoms with Gasteiger partial charge >= 0.3 is 0 Å². The minimum absolute atomic E-state index is 0.183. The smallest absolute Gasteiger partial charge is 0.271 e. The second-order valence-electron chi connectivity index (χ2n) is 4.36. The summed E-state index contributed by atoms with van der Waals surface area (Å²) in [5, 5.41) is 9.37. The van der Waals surface area contributed by atoms with E-state index in [1.54, 1.807) is 30.5 Å². The molecular weight excluding hydrogens is 270 g/mol. The van der Waals surface area contributed by atoms with Crippen LogP contribution in [-0.4, -0.2) is 35.2 Å². The third-order valence-electron chi connectivity index (χ3n) is 2.93. The lowest BCUT2D eigenvalue weighted by molar-refractivity contribution is 0.0948. The molecule has 1 aromatic heterocycles. The molecule has 4 N–H and O–H groups in total. The van der Waals surface area contributed by atoms with Crippen molar-refractivity contribution in [1.82, 2.24) is 20.4 Å². The number of carbonyl (C=O) groups excluding carboxylic acids is 2. The van der Waals surface area contributed by atoms with Crippen molar-refractivity contribution in [1.29, 1.82) is 0 Å². The molecule has 110 valence electrons. The normalized spacial score (nSPS) is 10.2. The van der Waals surface area contributed by atoms with Crippen LogP contribution in [0.15, 0.2) is 30.5 Å². The van der Waals surface area contributed by atoms with Crippen LogP contribution in [-0.2, 0) is 0 Å². The molecule has 0 unspecified atom stereocenters. The number of nitrogens with one attached hydrogen (secondary N) is 2. The van der Waals surface area contributed by atoms with E-state index in [9.17, 15) is 9.59 Å². The zero-order valence-electron chi connectivity index (χ0n) is 11.9. The number of carbonyl (C=O) groups is 2. The Morgan fingerprint density at radius 2 is 2.05 bits per heavy atom. The van der Waals surface area contributed by atoms with Crippen molar-refractivity contribution in [3.8, 4) is 5.69 Å². The van der Waals surface area contributed by atoms with Crippen LogP contribution in [0.1, 0.15) is 27.8 Å². The number of hydrogen-bond acceptors (Lipinski definition) is 4. The standard InChI is InChI=1S/C14H17N5O2/c1-3-17-13(20)9-4-5-10(15)12(8-9)19-7-6-11(18-19)14(21)16-2/h4-8H,3,15H2,1-2H3,(H,16,21)(H,17,20). The number of nitrogen functional groups attached to an aromatic ring is 1. The molecule has 0 bridgehead atoms. The van der Waals surface area contributed by atoms with Crippen molar-refractivity contribution in [3.05, 3.63) is 41.7 Å². The van der Waals surface area contributed by atoms with Gasteiger partial charge in [-0.25, -0.2) is 4.68 Å². The number of amides is 2. The highest BCUT2D eigenvalue weighted by Gasteiger charge is 2.12. The van der Waals surface area contributed by atoms with Gasteiger partial charge in [0.15, 0.2) is 5.69 Å². The first-order valence-corrected chi connectivity index (χ1v) is 6.52. The van der Waals surface area contributed by atoms with Gasteiger partial charge in [-0.15, -0.1) is 0 Å². The lowest BCUT2D eigenvalue weighted by Crippen LogP contribution is -2.23. The van der Waals surface area contributed by atoms with Crippen LogP contribution in [0.5, 0.6) is 0 Å². The third-order valence-corrected chi connectivity index (χ3v) is 2.93. The summed E-state index contributed by atoms with van der Waals surface area (Å²) in [4.78, 5) is 23.4. The van der Waals surface area contributed by atoms with Crippen molar-refractivity contribution >= 4 is 17.5 Å². The van der Waals surface area contributed by atoms with Crippen molar-refractivity contribution in [2.24, 2.45) is 0 Å². The molecule has 7 nitrogen and oxygen atoms in total. The molecule has 0 aliphatic heterocycles.